The van der Waals surface area contributed by atoms with Crippen LogP contribution in [0.3, 0.4) is 0 Å². The molecule has 7 atom stereocenters. The average Bonchev–Trinajstić information content (AvgIpc) is 2.81. The summed E-state index contributed by atoms with van der Waals surface area (Å²) in [5.74, 6) is 3.61. The minimum atomic E-state index is -0.00775. The molecule has 0 amide bonds. The van der Waals surface area contributed by atoms with Gasteiger partial charge in [-0.2, -0.15) is 0 Å². The number of hydrogen-bond donors (Lipinski definition) is 1. The molecule has 112 valence electrons. The summed E-state index contributed by atoms with van der Waals surface area (Å²) in [5.41, 5.74) is 1.05. The predicted octanol–water partition coefficient (Wildman–Crippen LogP) is 4.56. The van der Waals surface area contributed by atoms with Crippen molar-refractivity contribution in [3.63, 3.8) is 0 Å². The molecular weight excluding hydrogens is 244 g/mol. The van der Waals surface area contributed by atoms with Crippen molar-refractivity contribution in [2.24, 2.45) is 34.5 Å². The average molecular weight is 274 g/mol. The molecule has 3 fully saturated rings. The molecule has 1 nitrogen and oxygen atoms in total. The van der Waals surface area contributed by atoms with E-state index in [0.29, 0.717) is 10.8 Å². The van der Waals surface area contributed by atoms with Gasteiger partial charge in [-0.1, -0.05) is 26.0 Å². The molecule has 4 aliphatic rings. The Morgan fingerprint density at radius 2 is 1.85 bits per heavy atom. The van der Waals surface area contributed by atoms with Crippen LogP contribution < -0.4 is 0 Å². The summed E-state index contributed by atoms with van der Waals surface area (Å²) in [4.78, 5) is 0. The first-order valence-electron chi connectivity index (χ1n) is 8.89. The van der Waals surface area contributed by atoms with Gasteiger partial charge in [-0.05, 0) is 85.9 Å². The van der Waals surface area contributed by atoms with Gasteiger partial charge in [0, 0.05) is 0 Å². The smallest absolute Gasteiger partial charge is 0.0543 e. The predicted molar refractivity (Wildman–Crippen MR) is 82.3 cm³/mol. The second-order valence-corrected chi connectivity index (χ2v) is 8.77. The standard InChI is InChI=1S/C19H30O/c1-18-9-3-4-16(18)15-6-5-13-12-14(20)7-11-19(13,2)17(15)8-10-18/h3,9,13-17,20H,4-8,10-12H2,1-2H3/t13-,14+,15-,16-,17-,18+,19+/m0/s1. The molecule has 0 unspecified atom stereocenters. The van der Waals surface area contributed by atoms with E-state index in [1.165, 1.54) is 38.5 Å². The molecular formula is C19H30O. The molecule has 0 aromatic carbocycles. The van der Waals surface area contributed by atoms with E-state index in [9.17, 15) is 5.11 Å². The lowest BCUT2D eigenvalue weighted by Gasteiger charge is -2.60. The van der Waals surface area contributed by atoms with E-state index in [1.54, 1.807) is 0 Å². The summed E-state index contributed by atoms with van der Waals surface area (Å²) in [6.07, 6.45) is 15.4. The topological polar surface area (TPSA) is 20.2 Å². The minimum Gasteiger partial charge on any atom is -0.393 e. The van der Waals surface area contributed by atoms with Crippen LogP contribution in [0.5, 0.6) is 0 Å². The lowest BCUT2D eigenvalue weighted by Crippen LogP contribution is -2.53. The first-order valence-corrected chi connectivity index (χ1v) is 8.89. The van der Waals surface area contributed by atoms with E-state index >= 15 is 0 Å². The highest BCUT2D eigenvalue weighted by molar-refractivity contribution is 5.16. The van der Waals surface area contributed by atoms with Crippen LogP contribution in [-0.2, 0) is 0 Å². The van der Waals surface area contributed by atoms with Gasteiger partial charge in [-0.3, -0.25) is 0 Å². The summed E-state index contributed by atoms with van der Waals surface area (Å²) in [6.45, 7) is 5.09. The highest BCUT2D eigenvalue weighted by atomic mass is 16.3. The molecule has 4 aliphatic carbocycles. The molecule has 20 heavy (non-hydrogen) atoms. The van der Waals surface area contributed by atoms with Crippen molar-refractivity contribution in [1.82, 2.24) is 0 Å². The number of aliphatic hydroxyl groups is 1. The molecule has 0 saturated heterocycles. The minimum absolute atomic E-state index is 0.00775. The molecule has 0 radical (unpaired) electrons. The van der Waals surface area contributed by atoms with Crippen LogP contribution in [0.1, 0.15) is 65.2 Å². The largest absolute Gasteiger partial charge is 0.393 e. The molecule has 0 aliphatic heterocycles. The maximum absolute atomic E-state index is 10.0. The Kier molecular flexibility index (Phi) is 2.91. The normalized spacial score (nSPS) is 57.9. The van der Waals surface area contributed by atoms with E-state index in [4.69, 9.17) is 0 Å². The number of fused-ring (bicyclic) bond motifs is 5. The zero-order valence-corrected chi connectivity index (χ0v) is 13.1. The Morgan fingerprint density at radius 1 is 1.00 bits per heavy atom. The number of aliphatic hydroxyl groups excluding tert-OH is 1. The van der Waals surface area contributed by atoms with Crippen LogP contribution in [0.2, 0.25) is 0 Å². The summed E-state index contributed by atoms with van der Waals surface area (Å²) in [5, 5.41) is 10.0. The molecule has 4 rings (SSSR count). The van der Waals surface area contributed by atoms with E-state index in [1.807, 2.05) is 0 Å². The van der Waals surface area contributed by atoms with Crippen LogP contribution in [0.25, 0.3) is 0 Å². The number of rotatable bonds is 0. The van der Waals surface area contributed by atoms with Gasteiger partial charge >= 0.3 is 0 Å². The first-order chi connectivity index (χ1) is 9.53. The summed E-state index contributed by atoms with van der Waals surface area (Å²) in [6, 6.07) is 0. The third kappa shape index (κ3) is 1.71. The van der Waals surface area contributed by atoms with Crippen molar-refractivity contribution < 1.29 is 5.11 Å². The van der Waals surface area contributed by atoms with E-state index < -0.39 is 0 Å². The molecule has 0 aromatic rings. The maximum atomic E-state index is 10.0. The van der Waals surface area contributed by atoms with Crippen molar-refractivity contribution >= 4 is 0 Å². The van der Waals surface area contributed by atoms with Gasteiger partial charge in [0.05, 0.1) is 6.10 Å². The SMILES string of the molecule is C[C@@]12CC[C@@H](O)C[C@@H]1CC[C@@H]1[C@@H]2CC[C@@]2(C)C=CC[C@@H]12. The van der Waals surface area contributed by atoms with Gasteiger partial charge in [0.15, 0.2) is 0 Å². The van der Waals surface area contributed by atoms with Gasteiger partial charge in [-0.15, -0.1) is 0 Å². The highest BCUT2D eigenvalue weighted by Crippen LogP contribution is 2.64. The zero-order chi connectivity index (χ0) is 14.0. The van der Waals surface area contributed by atoms with Crippen LogP contribution >= 0.6 is 0 Å². The van der Waals surface area contributed by atoms with Crippen molar-refractivity contribution in [2.45, 2.75) is 71.3 Å². The van der Waals surface area contributed by atoms with Crippen LogP contribution in [0.4, 0.5) is 0 Å². The zero-order valence-electron chi connectivity index (χ0n) is 13.1. The molecule has 3 saturated carbocycles. The quantitative estimate of drug-likeness (QED) is 0.642. The van der Waals surface area contributed by atoms with Crippen LogP contribution in [-0.4, -0.2) is 11.2 Å². The number of hydrogen-bond acceptors (Lipinski definition) is 1. The Hall–Kier alpha value is -0.300. The second kappa shape index (κ2) is 4.35. The molecule has 0 bridgehead atoms. The fraction of sp³-hybridized carbons (Fsp3) is 0.895. The van der Waals surface area contributed by atoms with E-state index in [-0.39, 0.29) is 6.10 Å². The van der Waals surface area contributed by atoms with Gasteiger partial charge < -0.3 is 5.11 Å². The Morgan fingerprint density at radius 3 is 2.70 bits per heavy atom. The first kappa shape index (κ1) is 13.4. The van der Waals surface area contributed by atoms with Gasteiger partial charge in [0.1, 0.15) is 0 Å². The fourth-order valence-electron chi connectivity index (χ4n) is 6.72. The third-order valence-electron chi connectivity index (χ3n) is 7.96. The summed E-state index contributed by atoms with van der Waals surface area (Å²) >= 11 is 0. The number of allylic oxidation sites excluding steroid dienone is 2. The molecule has 1 heteroatoms. The second-order valence-electron chi connectivity index (χ2n) is 8.77. The van der Waals surface area contributed by atoms with Crippen molar-refractivity contribution in [3.8, 4) is 0 Å². The van der Waals surface area contributed by atoms with Crippen LogP contribution in [0.15, 0.2) is 12.2 Å². The van der Waals surface area contributed by atoms with E-state index in [2.05, 4.69) is 26.0 Å². The van der Waals surface area contributed by atoms with Crippen molar-refractivity contribution in [3.05, 3.63) is 12.2 Å². The van der Waals surface area contributed by atoms with Crippen molar-refractivity contribution in [2.75, 3.05) is 0 Å². The summed E-state index contributed by atoms with van der Waals surface area (Å²) in [7, 11) is 0. The monoisotopic (exact) mass is 274 g/mol. The Bertz CT molecular complexity index is 427. The lowest BCUT2D eigenvalue weighted by molar-refractivity contribution is -0.116. The molecule has 1 N–H and O–H groups in total. The molecule has 0 heterocycles. The van der Waals surface area contributed by atoms with Crippen LogP contribution in [0, 0.1) is 34.5 Å². The Labute approximate surface area is 123 Å². The van der Waals surface area contributed by atoms with Gasteiger partial charge in [0.25, 0.3) is 0 Å². The highest BCUT2D eigenvalue weighted by Gasteiger charge is 2.56. The fourth-order valence-corrected chi connectivity index (χ4v) is 6.72. The molecule has 0 aromatic heterocycles. The van der Waals surface area contributed by atoms with E-state index in [0.717, 1.165) is 36.5 Å². The van der Waals surface area contributed by atoms with Gasteiger partial charge in [0.2, 0.25) is 0 Å². The third-order valence-corrected chi connectivity index (χ3v) is 7.96. The lowest BCUT2D eigenvalue weighted by atomic mass is 9.45. The summed E-state index contributed by atoms with van der Waals surface area (Å²) < 4.78 is 0. The Balaban J connectivity index is 1.63. The van der Waals surface area contributed by atoms with Crippen molar-refractivity contribution in [1.29, 1.82) is 0 Å². The van der Waals surface area contributed by atoms with Gasteiger partial charge in [-0.25, -0.2) is 0 Å². The maximum Gasteiger partial charge on any atom is 0.0543 e. The molecule has 0 spiro atoms.